The maximum absolute atomic E-state index is 15.8. The number of imidazole rings is 1. The van der Waals surface area contributed by atoms with E-state index >= 15 is 8.78 Å². The van der Waals surface area contributed by atoms with E-state index in [4.69, 9.17) is 16.3 Å². The number of carbonyl (C=O) groups is 1. The zero-order valence-corrected chi connectivity index (χ0v) is 32.5. The van der Waals surface area contributed by atoms with Gasteiger partial charge in [0, 0.05) is 29.0 Å². The molecule has 14 heteroatoms. The van der Waals surface area contributed by atoms with E-state index in [2.05, 4.69) is 4.98 Å². The van der Waals surface area contributed by atoms with Gasteiger partial charge in [-0.15, -0.1) is 0 Å². The predicted octanol–water partition coefficient (Wildman–Crippen LogP) is 9.42. The molecule has 4 rings (SSSR count). The molecule has 0 amide bonds. The van der Waals surface area contributed by atoms with Crippen LogP contribution in [0.15, 0.2) is 82.5 Å². The molecule has 280 valence electrons. The van der Waals surface area contributed by atoms with Crippen molar-refractivity contribution in [1.82, 2.24) is 13.9 Å². The third-order valence-electron chi connectivity index (χ3n) is 9.03. The Balaban J connectivity index is 1.72. The second-order valence-corrected chi connectivity index (χ2v) is 16.5. The number of ether oxygens (including phenoxy) is 1. The summed E-state index contributed by atoms with van der Waals surface area (Å²) in [6.45, 7) is 10.6. The number of rotatable bonds is 16. The van der Waals surface area contributed by atoms with E-state index in [1.54, 1.807) is 42.8 Å². The van der Waals surface area contributed by atoms with Gasteiger partial charge in [0.25, 0.3) is 0 Å². The predicted molar refractivity (Wildman–Crippen MR) is 198 cm³/mol. The minimum atomic E-state index is -4.64. The third kappa shape index (κ3) is 8.87. The molecule has 0 bridgehead atoms. The summed E-state index contributed by atoms with van der Waals surface area (Å²) in [7, 11) is -3.12. The first-order valence-corrected chi connectivity index (χ1v) is 19.4. The van der Waals surface area contributed by atoms with Crippen LogP contribution in [0.25, 0.3) is 5.69 Å². The summed E-state index contributed by atoms with van der Waals surface area (Å²) >= 11 is 7.29. The van der Waals surface area contributed by atoms with E-state index in [0.717, 1.165) is 39.3 Å². The Morgan fingerprint density at radius 3 is 2.29 bits per heavy atom. The van der Waals surface area contributed by atoms with E-state index in [0.29, 0.717) is 40.2 Å². The van der Waals surface area contributed by atoms with Gasteiger partial charge in [-0.2, -0.15) is 4.31 Å². The van der Waals surface area contributed by atoms with Crippen LogP contribution in [-0.2, 0) is 26.0 Å². The number of carboxylic acid groups (broad SMARTS) is 1. The Bertz CT molecular complexity index is 2030. The van der Waals surface area contributed by atoms with Crippen LogP contribution in [0.3, 0.4) is 0 Å². The second-order valence-electron chi connectivity index (χ2n) is 13.2. The zero-order chi connectivity index (χ0) is 38.5. The summed E-state index contributed by atoms with van der Waals surface area (Å²) in [4.78, 5) is 16.2. The fourth-order valence-electron chi connectivity index (χ4n) is 5.86. The monoisotopic (exact) mass is 777 g/mol. The SMILES string of the molecule is C/C=C(/C)CCCN(C(C(=O)O)C(C)C)S(=O)(=O)c1cc(F)c(CSc2ncc(C(C)(C)c3ccc(Cl)c(OC)c3)n2-c2ccc(F)cc2)c(F)c1. The van der Waals surface area contributed by atoms with Gasteiger partial charge < -0.3 is 9.84 Å². The lowest BCUT2D eigenvalue weighted by Crippen LogP contribution is -2.48. The van der Waals surface area contributed by atoms with Gasteiger partial charge in [-0.25, -0.2) is 26.6 Å². The van der Waals surface area contributed by atoms with Crippen molar-refractivity contribution in [2.24, 2.45) is 5.92 Å². The molecule has 0 aliphatic carbocycles. The molecule has 4 aromatic rings. The first kappa shape index (κ1) is 41.0. The molecule has 0 aliphatic rings. The Morgan fingerprint density at radius 1 is 1.10 bits per heavy atom. The van der Waals surface area contributed by atoms with Crippen LogP contribution < -0.4 is 4.74 Å². The number of carboxylic acids is 1. The molecule has 52 heavy (non-hydrogen) atoms. The van der Waals surface area contributed by atoms with Crippen LogP contribution >= 0.6 is 23.4 Å². The molecule has 0 saturated heterocycles. The van der Waals surface area contributed by atoms with Crippen LogP contribution in [0.1, 0.15) is 71.2 Å². The van der Waals surface area contributed by atoms with Crippen molar-refractivity contribution in [1.29, 1.82) is 0 Å². The molecule has 1 heterocycles. The maximum Gasteiger partial charge on any atom is 0.322 e. The normalized spacial score (nSPS) is 13.2. The van der Waals surface area contributed by atoms with Crippen molar-refractivity contribution < 1.29 is 36.2 Å². The molecule has 0 saturated carbocycles. The van der Waals surface area contributed by atoms with E-state index in [1.807, 2.05) is 45.9 Å². The van der Waals surface area contributed by atoms with Crippen molar-refractivity contribution in [3.8, 4) is 11.4 Å². The molecule has 0 spiro atoms. The summed E-state index contributed by atoms with van der Waals surface area (Å²) < 4.78 is 81.3. The van der Waals surface area contributed by atoms with Crippen molar-refractivity contribution in [2.75, 3.05) is 13.7 Å². The van der Waals surface area contributed by atoms with Gasteiger partial charge in [0.1, 0.15) is 29.2 Å². The Labute approximate surface area is 312 Å². The van der Waals surface area contributed by atoms with Gasteiger partial charge >= 0.3 is 5.97 Å². The van der Waals surface area contributed by atoms with Gasteiger partial charge in [0.15, 0.2) is 5.16 Å². The van der Waals surface area contributed by atoms with Crippen molar-refractivity contribution in [3.05, 3.63) is 112 Å². The molecule has 0 radical (unpaired) electrons. The summed E-state index contributed by atoms with van der Waals surface area (Å²) in [6, 6.07) is 11.1. The number of allylic oxidation sites excluding steroid dienone is 2. The smallest absolute Gasteiger partial charge is 0.322 e. The van der Waals surface area contributed by atoms with Crippen LogP contribution in [0.2, 0.25) is 5.02 Å². The van der Waals surface area contributed by atoms with Crippen molar-refractivity contribution >= 4 is 39.4 Å². The highest BCUT2D eigenvalue weighted by Gasteiger charge is 2.38. The Hall–Kier alpha value is -3.78. The highest BCUT2D eigenvalue weighted by atomic mass is 35.5. The Kier molecular flexibility index (Phi) is 13.3. The molecular formula is C38H43ClF3N3O5S2. The average molecular weight is 778 g/mol. The van der Waals surface area contributed by atoms with Gasteiger partial charge in [-0.1, -0.05) is 68.8 Å². The van der Waals surface area contributed by atoms with Crippen LogP contribution in [0.5, 0.6) is 5.75 Å². The van der Waals surface area contributed by atoms with Gasteiger partial charge in [0.2, 0.25) is 10.0 Å². The molecule has 1 unspecified atom stereocenters. The summed E-state index contributed by atoms with van der Waals surface area (Å²) in [6.07, 6.45) is 4.35. The number of hydrogen-bond donors (Lipinski definition) is 1. The van der Waals surface area contributed by atoms with Gasteiger partial charge in [-0.05, 0) is 86.7 Å². The number of aromatic nitrogens is 2. The van der Waals surface area contributed by atoms with E-state index in [-0.39, 0.29) is 12.3 Å². The number of nitrogens with zero attached hydrogens (tertiary/aromatic N) is 3. The number of methoxy groups -OCH3 is 1. The molecule has 8 nitrogen and oxygen atoms in total. The zero-order valence-electron chi connectivity index (χ0n) is 30.1. The first-order valence-electron chi connectivity index (χ1n) is 16.6. The number of thioether (sulfide) groups is 1. The lowest BCUT2D eigenvalue weighted by Gasteiger charge is -2.30. The van der Waals surface area contributed by atoms with Crippen molar-refractivity contribution in [3.63, 3.8) is 0 Å². The summed E-state index contributed by atoms with van der Waals surface area (Å²) in [5.74, 6) is -4.45. The number of hydrogen-bond acceptors (Lipinski definition) is 6. The highest BCUT2D eigenvalue weighted by Crippen LogP contribution is 2.40. The van der Waals surface area contributed by atoms with E-state index in [1.165, 1.54) is 19.2 Å². The molecule has 0 fully saturated rings. The van der Waals surface area contributed by atoms with Crippen LogP contribution in [-0.4, -0.2) is 53.0 Å². The number of halogens is 4. The second kappa shape index (κ2) is 16.9. The molecule has 0 aliphatic heterocycles. The number of aliphatic carboxylic acids is 1. The van der Waals surface area contributed by atoms with Crippen LogP contribution in [0.4, 0.5) is 13.2 Å². The minimum Gasteiger partial charge on any atom is -0.495 e. The topological polar surface area (TPSA) is 102 Å². The quantitative estimate of drug-likeness (QED) is 0.0894. The van der Waals surface area contributed by atoms with Crippen LogP contribution in [0, 0.1) is 23.4 Å². The first-order chi connectivity index (χ1) is 24.4. The Morgan fingerprint density at radius 2 is 1.73 bits per heavy atom. The summed E-state index contributed by atoms with van der Waals surface area (Å²) in [5.41, 5.74) is 1.94. The third-order valence-corrected chi connectivity index (χ3v) is 12.2. The largest absolute Gasteiger partial charge is 0.495 e. The molecular weight excluding hydrogens is 735 g/mol. The van der Waals surface area contributed by atoms with Crippen molar-refractivity contribution in [2.45, 2.75) is 81.6 Å². The maximum atomic E-state index is 15.8. The average Bonchev–Trinajstić information content (AvgIpc) is 3.52. The molecule has 1 atom stereocenters. The highest BCUT2D eigenvalue weighted by molar-refractivity contribution is 7.98. The summed E-state index contributed by atoms with van der Waals surface area (Å²) in [5, 5.41) is 10.7. The fourth-order valence-corrected chi connectivity index (χ4v) is 8.84. The van der Waals surface area contributed by atoms with E-state index < -0.39 is 61.3 Å². The molecule has 3 aromatic carbocycles. The van der Waals surface area contributed by atoms with Gasteiger partial charge in [0.05, 0.1) is 28.9 Å². The lowest BCUT2D eigenvalue weighted by atomic mass is 9.81. The molecule has 1 N–H and O–H groups in total. The number of benzene rings is 3. The standard InChI is InChI=1S/C38H43ClF3N3O5S2/c1-8-24(4)10-9-17-44(35(23(2)3)36(46)47)52(48,49)28-19-31(41)29(32(42)20-28)22-51-37-43-21-34(45(37)27-14-12-26(40)13-15-27)38(5,6)25-11-16-30(39)33(18-25)50-7/h8,11-16,18-21,23,35H,9-10,17,22H2,1-7H3,(H,46,47)/b24-8-. The lowest BCUT2D eigenvalue weighted by molar-refractivity contribution is -0.143. The fraction of sp³-hybridized carbons (Fsp3) is 0.368. The number of sulfonamides is 1. The minimum absolute atomic E-state index is 0.156. The molecule has 1 aromatic heterocycles. The van der Waals surface area contributed by atoms with Gasteiger partial charge in [-0.3, -0.25) is 9.36 Å². The van der Waals surface area contributed by atoms with E-state index in [9.17, 15) is 22.7 Å².